The summed E-state index contributed by atoms with van der Waals surface area (Å²) in [6, 6.07) is 0. The highest BCUT2D eigenvalue weighted by Gasteiger charge is 1.99. The van der Waals surface area contributed by atoms with E-state index >= 15 is 0 Å². The molecular weight excluding hydrogens is 172 g/mol. The predicted molar refractivity (Wildman–Crippen MR) is 53.8 cm³/mol. The fourth-order valence-corrected chi connectivity index (χ4v) is 1.13. The number of Topliss-reactive ketones (excluding diaryl/α,β-unsaturated/α-hetero) is 1. The molecule has 0 heterocycles. The molecule has 0 N–H and O–H groups in total. The lowest BCUT2D eigenvalue weighted by atomic mass is 10.1. The van der Waals surface area contributed by atoms with Crippen LogP contribution in [0.4, 0.5) is 0 Å². The van der Waals surface area contributed by atoms with Crippen molar-refractivity contribution in [1.29, 1.82) is 0 Å². The molecule has 0 aromatic heterocycles. The van der Waals surface area contributed by atoms with Crippen LogP contribution >= 0.6 is 12.6 Å². The Hall–Kier alpha value is -0.0200. The van der Waals surface area contributed by atoms with Crippen molar-refractivity contribution in [2.24, 2.45) is 0 Å². The van der Waals surface area contributed by atoms with Crippen molar-refractivity contribution in [3.8, 4) is 0 Å². The third-order valence-corrected chi connectivity index (χ3v) is 1.98. The highest BCUT2D eigenvalue weighted by molar-refractivity contribution is 7.80. The first-order valence-corrected chi connectivity index (χ1v) is 5.06. The Morgan fingerprint density at radius 2 is 1.92 bits per heavy atom. The molecule has 0 aromatic carbocycles. The van der Waals surface area contributed by atoms with Gasteiger partial charge in [-0.25, -0.2) is 0 Å². The molecule has 0 atom stereocenters. The van der Waals surface area contributed by atoms with Crippen LogP contribution < -0.4 is 0 Å². The number of rotatable bonds is 8. The molecule has 0 spiro atoms. The number of methoxy groups -OCH3 is 1. The molecule has 0 aliphatic rings. The van der Waals surface area contributed by atoms with Gasteiger partial charge in [0, 0.05) is 26.6 Å². The van der Waals surface area contributed by atoms with E-state index < -0.39 is 0 Å². The van der Waals surface area contributed by atoms with E-state index in [-0.39, 0.29) is 0 Å². The minimum absolute atomic E-state index is 0.361. The number of hydrogen-bond donors (Lipinski definition) is 1. The molecule has 0 fully saturated rings. The van der Waals surface area contributed by atoms with Crippen molar-refractivity contribution in [2.45, 2.75) is 32.1 Å². The summed E-state index contributed by atoms with van der Waals surface area (Å²) >= 11 is 4.05. The summed E-state index contributed by atoms with van der Waals surface area (Å²) in [5.74, 6) is 1.17. The van der Waals surface area contributed by atoms with Gasteiger partial charge in [0.05, 0.1) is 0 Å². The third kappa shape index (κ3) is 8.08. The molecule has 0 rings (SSSR count). The molecule has 2 nitrogen and oxygen atoms in total. The Kier molecular flexibility index (Phi) is 9.06. The van der Waals surface area contributed by atoms with E-state index in [0.717, 1.165) is 31.6 Å². The summed E-state index contributed by atoms with van der Waals surface area (Å²) in [7, 11) is 1.68. The third-order valence-electron chi connectivity index (χ3n) is 1.67. The maximum absolute atomic E-state index is 11.1. The largest absolute Gasteiger partial charge is 0.385 e. The van der Waals surface area contributed by atoms with E-state index in [1.807, 2.05) is 0 Å². The maximum atomic E-state index is 11.1. The van der Waals surface area contributed by atoms with Crippen LogP contribution in [0.15, 0.2) is 0 Å². The molecule has 0 radical (unpaired) electrons. The summed E-state index contributed by atoms with van der Waals surface area (Å²) in [6.45, 7) is 0.764. The lowest BCUT2D eigenvalue weighted by molar-refractivity contribution is -0.119. The number of ketones is 1. The molecule has 0 aromatic rings. The molecule has 0 amide bonds. The Bertz CT molecular complexity index is 115. The predicted octanol–water partition coefficient (Wildman–Crippen LogP) is 2.08. The number of ether oxygens (including phenoxy) is 1. The van der Waals surface area contributed by atoms with Crippen molar-refractivity contribution in [3.63, 3.8) is 0 Å². The number of thiol groups is 1. The van der Waals surface area contributed by atoms with Crippen LogP contribution in [0.3, 0.4) is 0 Å². The fraction of sp³-hybridized carbons (Fsp3) is 0.889. The Labute approximate surface area is 80.1 Å². The van der Waals surface area contributed by atoms with Crippen molar-refractivity contribution in [3.05, 3.63) is 0 Å². The van der Waals surface area contributed by atoms with Gasteiger partial charge >= 0.3 is 0 Å². The molecule has 0 saturated carbocycles. The van der Waals surface area contributed by atoms with Crippen LogP contribution in [0.5, 0.6) is 0 Å². The number of hydrogen-bond acceptors (Lipinski definition) is 3. The van der Waals surface area contributed by atoms with E-state index in [4.69, 9.17) is 4.74 Å². The van der Waals surface area contributed by atoms with Crippen LogP contribution in [-0.2, 0) is 9.53 Å². The molecule has 0 aliphatic carbocycles. The lowest BCUT2D eigenvalue weighted by Gasteiger charge is -1.99. The molecule has 0 aliphatic heterocycles. The summed E-state index contributed by atoms with van der Waals surface area (Å²) in [4.78, 5) is 11.1. The van der Waals surface area contributed by atoms with E-state index in [2.05, 4.69) is 12.6 Å². The highest BCUT2D eigenvalue weighted by atomic mass is 32.1. The monoisotopic (exact) mass is 190 g/mol. The Morgan fingerprint density at radius 3 is 2.50 bits per heavy atom. The summed E-state index contributed by atoms with van der Waals surface area (Å²) in [5.41, 5.74) is 0. The molecule has 0 unspecified atom stereocenters. The second-order valence-corrected chi connectivity index (χ2v) is 3.26. The SMILES string of the molecule is COCCCCC(=O)CCCS. The first-order chi connectivity index (χ1) is 5.81. The van der Waals surface area contributed by atoms with Gasteiger partial charge < -0.3 is 4.74 Å². The topological polar surface area (TPSA) is 26.3 Å². The van der Waals surface area contributed by atoms with Gasteiger partial charge in [-0.2, -0.15) is 12.6 Å². The van der Waals surface area contributed by atoms with Gasteiger partial charge in [-0.05, 0) is 25.0 Å². The average molecular weight is 190 g/mol. The molecule has 12 heavy (non-hydrogen) atoms. The number of unbranched alkanes of at least 4 members (excludes halogenated alkanes) is 1. The van der Waals surface area contributed by atoms with Crippen LogP contribution in [0, 0.1) is 0 Å². The second-order valence-electron chi connectivity index (χ2n) is 2.82. The molecule has 0 saturated heterocycles. The van der Waals surface area contributed by atoms with E-state index in [1.165, 1.54) is 0 Å². The number of carbonyl (C=O) groups is 1. The molecule has 0 bridgehead atoms. The number of carbonyl (C=O) groups excluding carboxylic acids is 1. The zero-order valence-electron chi connectivity index (χ0n) is 7.71. The molecule has 3 heteroatoms. The first kappa shape index (κ1) is 12.0. The lowest BCUT2D eigenvalue weighted by Crippen LogP contribution is -1.99. The van der Waals surface area contributed by atoms with Crippen LogP contribution in [0.25, 0.3) is 0 Å². The molecule has 72 valence electrons. The van der Waals surface area contributed by atoms with Crippen molar-refractivity contribution in [1.82, 2.24) is 0 Å². The van der Waals surface area contributed by atoms with Crippen molar-refractivity contribution >= 4 is 18.4 Å². The van der Waals surface area contributed by atoms with Gasteiger partial charge in [0.25, 0.3) is 0 Å². The van der Waals surface area contributed by atoms with Gasteiger partial charge in [0.15, 0.2) is 0 Å². The van der Waals surface area contributed by atoms with Crippen LogP contribution in [0.1, 0.15) is 32.1 Å². The maximum Gasteiger partial charge on any atom is 0.132 e. The summed E-state index contributed by atoms with van der Waals surface area (Å²) in [5, 5.41) is 0. The highest BCUT2D eigenvalue weighted by Crippen LogP contribution is 2.02. The van der Waals surface area contributed by atoms with E-state index in [0.29, 0.717) is 18.6 Å². The second kappa shape index (κ2) is 9.07. The average Bonchev–Trinajstić information content (AvgIpc) is 2.09. The van der Waals surface area contributed by atoms with Gasteiger partial charge in [-0.1, -0.05) is 0 Å². The normalized spacial score (nSPS) is 10.2. The van der Waals surface area contributed by atoms with Crippen molar-refractivity contribution < 1.29 is 9.53 Å². The van der Waals surface area contributed by atoms with Gasteiger partial charge in [-0.15, -0.1) is 0 Å². The quantitative estimate of drug-likeness (QED) is 0.468. The standard InChI is InChI=1S/C9H18O2S/c1-11-7-3-2-5-9(10)6-4-8-12/h12H,2-8H2,1H3. The van der Waals surface area contributed by atoms with E-state index in [9.17, 15) is 4.79 Å². The summed E-state index contributed by atoms with van der Waals surface area (Å²) in [6.07, 6.45) is 4.25. The fourth-order valence-electron chi connectivity index (χ4n) is 0.970. The van der Waals surface area contributed by atoms with E-state index in [1.54, 1.807) is 7.11 Å². The van der Waals surface area contributed by atoms with Crippen LogP contribution in [-0.4, -0.2) is 25.3 Å². The van der Waals surface area contributed by atoms with Gasteiger partial charge in [0.2, 0.25) is 0 Å². The van der Waals surface area contributed by atoms with Crippen LogP contribution in [0.2, 0.25) is 0 Å². The van der Waals surface area contributed by atoms with Crippen molar-refractivity contribution in [2.75, 3.05) is 19.5 Å². The summed E-state index contributed by atoms with van der Waals surface area (Å²) < 4.78 is 4.88. The van der Waals surface area contributed by atoms with Gasteiger partial charge in [-0.3, -0.25) is 4.79 Å². The van der Waals surface area contributed by atoms with Gasteiger partial charge in [0.1, 0.15) is 5.78 Å². The minimum Gasteiger partial charge on any atom is -0.385 e. The zero-order valence-corrected chi connectivity index (χ0v) is 8.61. The minimum atomic E-state index is 0.361. The Balaban J connectivity index is 3.08. The molecular formula is C9H18O2S. The zero-order chi connectivity index (χ0) is 9.23. The Morgan fingerprint density at radius 1 is 1.25 bits per heavy atom. The first-order valence-electron chi connectivity index (χ1n) is 4.42. The smallest absolute Gasteiger partial charge is 0.132 e.